The molecule has 0 radical (unpaired) electrons. The third-order valence-corrected chi connectivity index (χ3v) is 4.69. The number of nitrogens with one attached hydrogen (secondary N) is 2. The van der Waals surface area contributed by atoms with Gasteiger partial charge in [-0.1, -0.05) is 35.5 Å². The molecule has 25 heavy (non-hydrogen) atoms. The van der Waals surface area contributed by atoms with Crippen LogP contribution >= 0.6 is 23.4 Å². The first-order valence-corrected chi connectivity index (χ1v) is 8.63. The molecule has 2 aromatic rings. The summed E-state index contributed by atoms with van der Waals surface area (Å²) in [4.78, 5) is 28.3. The quantitative estimate of drug-likeness (QED) is 0.852. The average molecular weight is 378 g/mol. The van der Waals surface area contributed by atoms with E-state index in [1.807, 2.05) is 0 Å². The molecule has 1 heterocycles. The number of anilines is 1. The van der Waals surface area contributed by atoms with E-state index in [4.69, 9.17) is 11.6 Å². The molecular formula is C17H13ClFN3O2S. The highest BCUT2D eigenvalue weighted by Crippen LogP contribution is 2.26. The van der Waals surface area contributed by atoms with E-state index in [0.29, 0.717) is 15.9 Å². The lowest BCUT2D eigenvalue weighted by molar-refractivity contribution is -0.122. The Hall–Kier alpha value is -2.38. The standard InChI is InChI=1S/C17H13ClFN3O2S/c18-10-5-7-11(8-6-10)20-17-22-16(24)14(25-17)9-15(23)21-13-4-2-1-3-12(13)19/h1-8,14H,9H2,(H,21,23)(H,20,22,24)/t14-/m1/s1. The SMILES string of the molecule is O=C(C[C@H]1SC(=Nc2ccc(Cl)cc2)NC1=O)Nc1ccccc1F. The zero-order chi connectivity index (χ0) is 17.8. The number of hydrogen-bond acceptors (Lipinski definition) is 4. The fourth-order valence-electron chi connectivity index (χ4n) is 2.16. The maximum Gasteiger partial charge on any atom is 0.240 e. The van der Waals surface area contributed by atoms with E-state index < -0.39 is 17.0 Å². The van der Waals surface area contributed by atoms with Gasteiger partial charge in [-0.05, 0) is 36.4 Å². The van der Waals surface area contributed by atoms with Crippen LogP contribution in [0.5, 0.6) is 0 Å². The second-order valence-electron chi connectivity index (χ2n) is 5.22. The van der Waals surface area contributed by atoms with E-state index in [-0.39, 0.29) is 18.0 Å². The van der Waals surface area contributed by atoms with Crippen LogP contribution in [-0.2, 0) is 9.59 Å². The van der Waals surface area contributed by atoms with E-state index in [9.17, 15) is 14.0 Å². The van der Waals surface area contributed by atoms with Gasteiger partial charge in [0.25, 0.3) is 0 Å². The number of rotatable bonds is 4. The number of hydrogen-bond donors (Lipinski definition) is 2. The average Bonchev–Trinajstić information content (AvgIpc) is 2.91. The Kier molecular flexibility index (Phi) is 5.35. The molecule has 2 amide bonds. The molecule has 8 heteroatoms. The summed E-state index contributed by atoms with van der Waals surface area (Å²) in [7, 11) is 0. The first kappa shape index (κ1) is 17.4. The maximum atomic E-state index is 13.5. The van der Waals surface area contributed by atoms with Gasteiger partial charge in [0.15, 0.2) is 5.17 Å². The van der Waals surface area contributed by atoms with Gasteiger partial charge in [-0.2, -0.15) is 0 Å². The minimum absolute atomic E-state index is 0.0789. The molecule has 1 saturated heterocycles. The number of amidine groups is 1. The Bertz CT molecular complexity index is 842. The number of nitrogens with zero attached hydrogens (tertiary/aromatic N) is 1. The van der Waals surface area contributed by atoms with Crippen LogP contribution in [0.3, 0.4) is 0 Å². The second-order valence-corrected chi connectivity index (χ2v) is 6.85. The Morgan fingerprint density at radius 3 is 2.68 bits per heavy atom. The molecule has 2 aromatic carbocycles. The van der Waals surface area contributed by atoms with Gasteiger partial charge in [-0.25, -0.2) is 9.38 Å². The number of amides is 2. The fourth-order valence-corrected chi connectivity index (χ4v) is 3.27. The molecule has 3 rings (SSSR count). The summed E-state index contributed by atoms with van der Waals surface area (Å²) in [5.74, 6) is -1.27. The Morgan fingerprint density at radius 2 is 1.96 bits per heavy atom. The zero-order valence-electron chi connectivity index (χ0n) is 12.8. The van der Waals surface area contributed by atoms with E-state index in [1.165, 1.54) is 18.2 Å². The van der Waals surface area contributed by atoms with Gasteiger partial charge in [-0.3, -0.25) is 9.59 Å². The van der Waals surface area contributed by atoms with Gasteiger partial charge in [0.05, 0.1) is 11.4 Å². The van der Waals surface area contributed by atoms with Crippen LogP contribution in [0.1, 0.15) is 6.42 Å². The molecule has 1 fully saturated rings. The summed E-state index contributed by atoms with van der Waals surface area (Å²) in [5.41, 5.74) is 0.731. The van der Waals surface area contributed by atoms with Crippen molar-refractivity contribution in [2.45, 2.75) is 11.7 Å². The molecule has 1 aliphatic rings. The lowest BCUT2D eigenvalue weighted by Crippen LogP contribution is -2.28. The van der Waals surface area contributed by atoms with Crippen molar-refractivity contribution >= 4 is 51.7 Å². The molecule has 0 aliphatic carbocycles. The smallest absolute Gasteiger partial charge is 0.240 e. The number of benzene rings is 2. The largest absolute Gasteiger partial charge is 0.324 e. The zero-order valence-corrected chi connectivity index (χ0v) is 14.4. The van der Waals surface area contributed by atoms with Gasteiger partial charge in [0.1, 0.15) is 11.1 Å². The minimum Gasteiger partial charge on any atom is -0.324 e. The third-order valence-electron chi connectivity index (χ3n) is 3.35. The molecule has 2 N–H and O–H groups in total. The van der Waals surface area contributed by atoms with Crippen LogP contribution in [0.4, 0.5) is 15.8 Å². The third kappa shape index (κ3) is 4.58. The molecular weight excluding hydrogens is 365 g/mol. The fraction of sp³-hybridized carbons (Fsp3) is 0.118. The lowest BCUT2D eigenvalue weighted by atomic mass is 10.2. The molecule has 128 valence electrons. The van der Waals surface area contributed by atoms with Crippen LogP contribution in [-0.4, -0.2) is 22.2 Å². The topological polar surface area (TPSA) is 70.6 Å². The van der Waals surface area contributed by atoms with Crippen molar-refractivity contribution in [1.82, 2.24) is 5.32 Å². The molecule has 1 atom stereocenters. The number of para-hydroxylation sites is 1. The van der Waals surface area contributed by atoms with Crippen LogP contribution < -0.4 is 10.6 Å². The van der Waals surface area contributed by atoms with Crippen molar-refractivity contribution < 1.29 is 14.0 Å². The van der Waals surface area contributed by atoms with E-state index in [0.717, 1.165) is 11.8 Å². The molecule has 5 nitrogen and oxygen atoms in total. The predicted octanol–water partition coefficient (Wildman–Crippen LogP) is 3.73. The minimum atomic E-state index is -0.613. The normalized spacial score (nSPS) is 18.2. The first-order valence-electron chi connectivity index (χ1n) is 7.37. The highest BCUT2D eigenvalue weighted by Gasteiger charge is 2.32. The first-order chi connectivity index (χ1) is 12.0. The molecule has 1 aliphatic heterocycles. The number of thioether (sulfide) groups is 1. The van der Waals surface area contributed by atoms with Gasteiger partial charge in [-0.15, -0.1) is 0 Å². The molecule has 0 aromatic heterocycles. The lowest BCUT2D eigenvalue weighted by Gasteiger charge is -2.08. The summed E-state index contributed by atoms with van der Waals surface area (Å²) < 4.78 is 13.5. The summed E-state index contributed by atoms with van der Waals surface area (Å²) >= 11 is 6.98. The summed E-state index contributed by atoms with van der Waals surface area (Å²) in [6.07, 6.45) is -0.0789. The second kappa shape index (κ2) is 7.67. The summed E-state index contributed by atoms with van der Waals surface area (Å²) in [6.45, 7) is 0. The van der Waals surface area contributed by atoms with Crippen LogP contribution in [0.2, 0.25) is 5.02 Å². The van der Waals surface area contributed by atoms with Crippen molar-refractivity contribution in [2.75, 3.05) is 5.32 Å². The van der Waals surface area contributed by atoms with Gasteiger partial charge in [0, 0.05) is 11.4 Å². The van der Waals surface area contributed by atoms with Crippen molar-refractivity contribution in [2.24, 2.45) is 4.99 Å². The number of aliphatic imine (C=N–C) groups is 1. The van der Waals surface area contributed by atoms with E-state index in [2.05, 4.69) is 15.6 Å². The van der Waals surface area contributed by atoms with Gasteiger partial charge < -0.3 is 10.6 Å². The van der Waals surface area contributed by atoms with Crippen molar-refractivity contribution in [1.29, 1.82) is 0 Å². The van der Waals surface area contributed by atoms with Crippen LogP contribution in [0, 0.1) is 5.82 Å². The van der Waals surface area contributed by atoms with Crippen LogP contribution in [0.15, 0.2) is 53.5 Å². The van der Waals surface area contributed by atoms with Crippen molar-refractivity contribution in [3.63, 3.8) is 0 Å². The Labute approximate surface area is 152 Å². The highest BCUT2D eigenvalue weighted by atomic mass is 35.5. The molecule has 0 bridgehead atoms. The Morgan fingerprint density at radius 1 is 1.24 bits per heavy atom. The monoisotopic (exact) mass is 377 g/mol. The molecule has 0 unspecified atom stereocenters. The number of carbonyl (C=O) groups excluding carboxylic acids is 2. The van der Waals surface area contributed by atoms with Gasteiger partial charge >= 0.3 is 0 Å². The highest BCUT2D eigenvalue weighted by molar-refractivity contribution is 8.15. The van der Waals surface area contributed by atoms with E-state index in [1.54, 1.807) is 30.3 Å². The predicted molar refractivity (Wildman–Crippen MR) is 97.7 cm³/mol. The van der Waals surface area contributed by atoms with Gasteiger partial charge in [0.2, 0.25) is 11.8 Å². The number of carbonyl (C=O) groups is 2. The summed E-state index contributed by atoms with van der Waals surface area (Å²) in [6, 6.07) is 12.7. The summed E-state index contributed by atoms with van der Waals surface area (Å²) in [5, 5.41) is 5.49. The number of halogens is 2. The Balaban J connectivity index is 1.62. The molecule has 0 saturated carbocycles. The van der Waals surface area contributed by atoms with E-state index >= 15 is 0 Å². The van der Waals surface area contributed by atoms with Crippen molar-refractivity contribution in [3.8, 4) is 0 Å². The van der Waals surface area contributed by atoms with Crippen molar-refractivity contribution in [3.05, 3.63) is 59.4 Å². The van der Waals surface area contributed by atoms with Crippen LogP contribution in [0.25, 0.3) is 0 Å². The maximum absolute atomic E-state index is 13.5. The molecule has 0 spiro atoms.